The summed E-state index contributed by atoms with van der Waals surface area (Å²) < 4.78 is 0. The summed E-state index contributed by atoms with van der Waals surface area (Å²) in [7, 11) is 0. The van der Waals surface area contributed by atoms with E-state index in [1.54, 1.807) is 0 Å². The summed E-state index contributed by atoms with van der Waals surface area (Å²) in [5, 5.41) is 5.01. The molecule has 2 heterocycles. The van der Waals surface area contributed by atoms with Crippen molar-refractivity contribution in [1.29, 1.82) is 0 Å². The molecule has 1 aromatic heterocycles. The fraction of sp³-hybridized carbons (Fsp3) is 0.579. The molecule has 1 aliphatic heterocycles. The second kappa shape index (κ2) is 7.04. The van der Waals surface area contributed by atoms with E-state index < -0.39 is 0 Å². The van der Waals surface area contributed by atoms with E-state index in [-0.39, 0.29) is 0 Å². The van der Waals surface area contributed by atoms with Gasteiger partial charge in [-0.3, -0.25) is 10.9 Å². The Bertz CT molecular complexity index is 626. The van der Waals surface area contributed by atoms with Gasteiger partial charge in [0.1, 0.15) is 0 Å². The van der Waals surface area contributed by atoms with E-state index in [0.29, 0.717) is 17.4 Å². The molecule has 2 unspecified atom stereocenters. The lowest BCUT2D eigenvalue weighted by atomic mass is 9.80. The monoisotopic (exact) mass is 314 g/mol. The minimum absolute atomic E-state index is 0.292. The maximum absolute atomic E-state index is 3.65. The van der Waals surface area contributed by atoms with E-state index in [1.165, 1.54) is 22.9 Å². The number of aromatic nitrogens is 1. The average molecular weight is 314 g/mol. The van der Waals surface area contributed by atoms with Crippen molar-refractivity contribution >= 4 is 10.9 Å². The number of para-hydroxylation sites is 1. The van der Waals surface area contributed by atoms with Crippen LogP contribution in [0.5, 0.6) is 0 Å². The molecule has 3 rings (SSSR count). The average Bonchev–Trinajstić information content (AvgIpc) is 3.13. The van der Waals surface area contributed by atoms with Crippen molar-refractivity contribution in [2.24, 2.45) is 11.3 Å². The van der Waals surface area contributed by atoms with Crippen LogP contribution in [0, 0.1) is 11.3 Å². The summed E-state index contributed by atoms with van der Waals surface area (Å²) in [6, 6.07) is 9.08. The molecular weight excluding hydrogens is 284 g/mol. The van der Waals surface area contributed by atoms with Gasteiger partial charge >= 0.3 is 0 Å². The fourth-order valence-corrected chi connectivity index (χ4v) is 3.68. The Morgan fingerprint density at radius 1 is 1.22 bits per heavy atom. The molecule has 23 heavy (non-hydrogen) atoms. The second-order valence-electron chi connectivity index (χ2n) is 7.80. The molecular formula is C19H30N4. The first-order valence-corrected chi connectivity index (χ1v) is 8.80. The van der Waals surface area contributed by atoms with Gasteiger partial charge in [-0.25, -0.2) is 0 Å². The van der Waals surface area contributed by atoms with Gasteiger partial charge in [0.25, 0.3) is 0 Å². The van der Waals surface area contributed by atoms with Crippen LogP contribution in [0.15, 0.2) is 30.5 Å². The van der Waals surface area contributed by atoms with Crippen LogP contribution < -0.4 is 16.2 Å². The van der Waals surface area contributed by atoms with E-state index in [2.05, 4.69) is 72.4 Å². The van der Waals surface area contributed by atoms with E-state index in [1.807, 2.05) is 0 Å². The van der Waals surface area contributed by atoms with Crippen LogP contribution in [-0.4, -0.2) is 30.7 Å². The van der Waals surface area contributed by atoms with Crippen LogP contribution in [0.3, 0.4) is 0 Å². The number of hydrogen-bond donors (Lipinski definition) is 4. The standard InChI is InChI=1S/C19H30N4/c1-19(2,3)18-15(13-22-23-18)11-20-10-6-7-14-12-21-17-9-5-4-8-16(14)17/h4-5,8-9,12,15,18,20-23H,6-7,10-11,13H2,1-3H3. The third-order valence-corrected chi connectivity index (χ3v) is 4.91. The molecule has 1 aliphatic rings. The highest BCUT2D eigenvalue weighted by molar-refractivity contribution is 5.82. The summed E-state index contributed by atoms with van der Waals surface area (Å²) in [5.41, 5.74) is 9.72. The third kappa shape index (κ3) is 3.94. The largest absolute Gasteiger partial charge is 0.361 e. The zero-order valence-corrected chi connectivity index (χ0v) is 14.6. The van der Waals surface area contributed by atoms with Crippen molar-refractivity contribution in [2.45, 2.75) is 39.7 Å². The van der Waals surface area contributed by atoms with E-state index in [9.17, 15) is 0 Å². The molecule has 0 spiro atoms. The number of H-pyrrole nitrogens is 1. The maximum Gasteiger partial charge on any atom is 0.0456 e. The first-order chi connectivity index (χ1) is 11.1. The summed E-state index contributed by atoms with van der Waals surface area (Å²) in [5.74, 6) is 0.656. The van der Waals surface area contributed by atoms with Crippen LogP contribution in [0.1, 0.15) is 32.8 Å². The third-order valence-electron chi connectivity index (χ3n) is 4.91. The van der Waals surface area contributed by atoms with Gasteiger partial charge in [-0.05, 0) is 36.4 Å². The van der Waals surface area contributed by atoms with Crippen LogP contribution in [-0.2, 0) is 6.42 Å². The minimum atomic E-state index is 0.292. The molecule has 0 saturated carbocycles. The van der Waals surface area contributed by atoms with Gasteiger partial charge in [0.15, 0.2) is 0 Å². The number of aryl methyl sites for hydroxylation is 1. The number of nitrogens with one attached hydrogen (secondary N) is 4. The normalized spacial score (nSPS) is 22.0. The van der Waals surface area contributed by atoms with Gasteiger partial charge in [-0.15, -0.1) is 0 Å². The van der Waals surface area contributed by atoms with Crippen molar-refractivity contribution in [3.05, 3.63) is 36.0 Å². The molecule has 2 aromatic rings. The quantitative estimate of drug-likeness (QED) is 0.620. The highest BCUT2D eigenvalue weighted by Gasteiger charge is 2.35. The number of fused-ring (bicyclic) bond motifs is 1. The summed E-state index contributed by atoms with van der Waals surface area (Å²) >= 11 is 0. The van der Waals surface area contributed by atoms with Crippen molar-refractivity contribution in [2.75, 3.05) is 19.6 Å². The zero-order valence-electron chi connectivity index (χ0n) is 14.6. The van der Waals surface area contributed by atoms with Gasteiger partial charge in [-0.2, -0.15) is 0 Å². The first-order valence-electron chi connectivity index (χ1n) is 8.80. The maximum atomic E-state index is 3.65. The molecule has 1 saturated heterocycles. The molecule has 1 aromatic carbocycles. The minimum Gasteiger partial charge on any atom is -0.361 e. The van der Waals surface area contributed by atoms with Gasteiger partial charge < -0.3 is 10.3 Å². The van der Waals surface area contributed by atoms with Crippen molar-refractivity contribution < 1.29 is 0 Å². The molecule has 4 N–H and O–H groups in total. The highest BCUT2D eigenvalue weighted by Crippen LogP contribution is 2.26. The Balaban J connectivity index is 1.42. The van der Waals surface area contributed by atoms with Gasteiger partial charge in [0, 0.05) is 42.1 Å². The molecule has 1 fully saturated rings. The number of aromatic amines is 1. The van der Waals surface area contributed by atoms with Crippen molar-refractivity contribution in [3.63, 3.8) is 0 Å². The molecule has 0 aliphatic carbocycles. The summed E-state index contributed by atoms with van der Waals surface area (Å²) in [4.78, 5) is 3.36. The number of hydrazine groups is 1. The van der Waals surface area contributed by atoms with Crippen LogP contribution in [0.2, 0.25) is 0 Å². The smallest absolute Gasteiger partial charge is 0.0456 e. The Hall–Kier alpha value is -1.36. The van der Waals surface area contributed by atoms with E-state index >= 15 is 0 Å². The molecule has 0 bridgehead atoms. The van der Waals surface area contributed by atoms with E-state index in [4.69, 9.17) is 0 Å². The summed E-state index contributed by atoms with van der Waals surface area (Å²) in [6.07, 6.45) is 4.46. The number of rotatable bonds is 6. The van der Waals surface area contributed by atoms with Crippen LogP contribution in [0.25, 0.3) is 10.9 Å². The predicted molar refractivity (Wildman–Crippen MR) is 97.4 cm³/mol. The topological polar surface area (TPSA) is 51.9 Å². The van der Waals surface area contributed by atoms with E-state index in [0.717, 1.165) is 26.1 Å². The lowest BCUT2D eigenvalue weighted by Gasteiger charge is -2.31. The number of benzene rings is 1. The molecule has 0 radical (unpaired) electrons. The molecule has 126 valence electrons. The van der Waals surface area contributed by atoms with Crippen molar-refractivity contribution in [3.8, 4) is 0 Å². The molecule has 4 heteroatoms. The Morgan fingerprint density at radius 3 is 2.87 bits per heavy atom. The molecule has 2 atom stereocenters. The second-order valence-corrected chi connectivity index (χ2v) is 7.80. The van der Waals surface area contributed by atoms with Crippen LogP contribution >= 0.6 is 0 Å². The zero-order chi connectivity index (χ0) is 16.3. The SMILES string of the molecule is CC(C)(C)C1NNCC1CNCCCc1c[nH]c2ccccc12. The Kier molecular flexibility index (Phi) is 5.05. The lowest BCUT2D eigenvalue weighted by Crippen LogP contribution is -2.44. The highest BCUT2D eigenvalue weighted by atomic mass is 15.4. The molecule has 4 nitrogen and oxygen atoms in total. The summed E-state index contributed by atoms with van der Waals surface area (Å²) in [6.45, 7) is 10.1. The van der Waals surface area contributed by atoms with Crippen LogP contribution in [0.4, 0.5) is 0 Å². The fourth-order valence-electron chi connectivity index (χ4n) is 3.68. The lowest BCUT2D eigenvalue weighted by molar-refractivity contribution is 0.235. The van der Waals surface area contributed by atoms with Crippen molar-refractivity contribution in [1.82, 2.24) is 21.2 Å². The first kappa shape index (κ1) is 16.5. The Labute approximate surface area is 139 Å². The van der Waals surface area contributed by atoms with Gasteiger partial charge in [0.2, 0.25) is 0 Å². The molecule has 0 amide bonds. The van der Waals surface area contributed by atoms with Gasteiger partial charge in [0.05, 0.1) is 0 Å². The Morgan fingerprint density at radius 2 is 2.04 bits per heavy atom. The predicted octanol–water partition coefficient (Wildman–Crippen LogP) is 2.83. The van der Waals surface area contributed by atoms with Gasteiger partial charge in [-0.1, -0.05) is 39.0 Å². The number of hydrogen-bond acceptors (Lipinski definition) is 3.